The molecule has 0 radical (unpaired) electrons. The van der Waals surface area contributed by atoms with Gasteiger partial charge in [-0.3, -0.25) is 9.59 Å². The molecule has 5 rings (SSSR count). The van der Waals surface area contributed by atoms with Crippen molar-refractivity contribution >= 4 is 23.5 Å². The van der Waals surface area contributed by atoms with Gasteiger partial charge in [-0.05, 0) is 49.4 Å². The monoisotopic (exact) mass is 615 g/mol. The summed E-state index contributed by atoms with van der Waals surface area (Å²) in [6, 6.07) is 16.5. The molecule has 2 aliphatic rings. The highest BCUT2D eigenvalue weighted by molar-refractivity contribution is 6.05. The summed E-state index contributed by atoms with van der Waals surface area (Å²) in [6.07, 6.45) is 3.83. The summed E-state index contributed by atoms with van der Waals surface area (Å²) in [4.78, 5) is 43.4. The molecule has 0 aliphatic carbocycles. The number of hydrogen-bond acceptors (Lipinski definition) is 8. The smallest absolute Gasteiger partial charge is 0.287 e. The number of anilines is 1. The number of Topliss-reactive ketones (excluding diaryl/α,β-unsaturated/α-hetero) is 1. The third kappa shape index (κ3) is 7.89. The molecule has 2 aromatic carbocycles. The number of rotatable bonds is 9. The summed E-state index contributed by atoms with van der Waals surface area (Å²) < 4.78 is 27.8. The summed E-state index contributed by atoms with van der Waals surface area (Å²) in [5, 5.41) is 6.20. The Morgan fingerprint density at radius 3 is 2.27 bits per heavy atom. The molecular weight excluding hydrogens is 576 g/mol. The van der Waals surface area contributed by atoms with Crippen molar-refractivity contribution < 1.29 is 18.4 Å². The van der Waals surface area contributed by atoms with Crippen molar-refractivity contribution in [1.29, 1.82) is 0 Å². The molecule has 9 nitrogen and oxygen atoms in total. The number of ketones is 1. The zero-order chi connectivity index (χ0) is 32.1. The van der Waals surface area contributed by atoms with Gasteiger partial charge >= 0.3 is 0 Å². The Kier molecular flexibility index (Phi) is 9.55. The number of nitrogens with zero attached hydrogens (tertiary/aromatic N) is 5. The van der Waals surface area contributed by atoms with E-state index in [0.29, 0.717) is 44.1 Å². The molecule has 0 bridgehead atoms. The van der Waals surface area contributed by atoms with Crippen LogP contribution in [0, 0.1) is 6.92 Å². The van der Waals surface area contributed by atoms with Gasteiger partial charge in [0.25, 0.3) is 11.8 Å². The average molecular weight is 616 g/mol. The van der Waals surface area contributed by atoms with Crippen molar-refractivity contribution in [2.45, 2.75) is 58.7 Å². The lowest BCUT2D eigenvalue weighted by Crippen LogP contribution is -2.51. The summed E-state index contributed by atoms with van der Waals surface area (Å²) in [6.45, 7) is 8.40. The van der Waals surface area contributed by atoms with Crippen molar-refractivity contribution in [3.05, 3.63) is 101 Å². The van der Waals surface area contributed by atoms with E-state index in [-0.39, 0.29) is 17.4 Å². The van der Waals surface area contributed by atoms with Gasteiger partial charge in [0.15, 0.2) is 5.78 Å². The number of aliphatic imine (C=N–C) groups is 1. The summed E-state index contributed by atoms with van der Waals surface area (Å²) >= 11 is 0. The molecule has 1 amide bonds. The lowest BCUT2D eigenvalue weighted by atomic mass is 10.0. The quantitative estimate of drug-likeness (QED) is 0.366. The third-order valence-electron chi connectivity index (χ3n) is 8.11. The normalized spacial score (nSPS) is 17.6. The van der Waals surface area contributed by atoms with Crippen LogP contribution in [0.3, 0.4) is 0 Å². The Hall–Kier alpha value is -4.67. The van der Waals surface area contributed by atoms with Gasteiger partial charge in [0.2, 0.25) is 5.95 Å². The lowest BCUT2D eigenvalue weighted by Gasteiger charge is -2.37. The number of nitrogens with one attached hydrogen (secondary N) is 2. The van der Waals surface area contributed by atoms with Crippen molar-refractivity contribution in [3.63, 3.8) is 0 Å². The Bertz CT molecular complexity index is 1580. The Balaban J connectivity index is 1.35. The van der Waals surface area contributed by atoms with Gasteiger partial charge in [0.1, 0.15) is 23.4 Å². The molecule has 3 aromatic rings. The van der Waals surface area contributed by atoms with Gasteiger partial charge in [-0.25, -0.2) is 15.0 Å². The molecule has 3 heterocycles. The van der Waals surface area contributed by atoms with E-state index in [9.17, 15) is 18.4 Å². The second-order valence-electron chi connectivity index (χ2n) is 11.6. The maximum Gasteiger partial charge on any atom is 0.287 e. The number of halogens is 2. The molecule has 11 heteroatoms. The fourth-order valence-electron chi connectivity index (χ4n) is 5.29. The minimum absolute atomic E-state index is 0.135. The van der Waals surface area contributed by atoms with Crippen LogP contribution in [0.5, 0.6) is 0 Å². The van der Waals surface area contributed by atoms with Crippen LogP contribution in [0.1, 0.15) is 54.9 Å². The van der Waals surface area contributed by atoms with Crippen molar-refractivity contribution in [2.75, 3.05) is 31.1 Å². The number of aryl methyl sites for hydroxylation is 2. The van der Waals surface area contributed by atoms with Gasteiger partial charge in [0, 0.05) is 45.4 Å². The van der Waals surface area contributed by atoms with Crippen molar-refractivity contribution in [3.8, 4) is 0 Å². The molecule has 0 spiro atoms. The van der Waals surface area contributed by atoms with E-state index in [0.717, 1.165) is 30.0 Å². The van der Waals surface area contributed by atoms with Crippen LogP contribution >= 0.6 is 0 Å². The van der Waals surface area contributed by atoms with E-state index in [4.69, 9.17) is 4.99 Å². The molecule has 1 saturated heterocycles. The molecule has 2 aliphatic heterocycles. The molecule has 2 unspecified atom stereocenters. The molecular formula is C34H39F2N7O2. The minimum atomic E-state index is -3.06. The summed E-state index contributed by atoms with van der Waals surface area (Å²) in [5.41, 5.74) is 4.15. The number of hydrogen-bond donors (Lipinski definition) is 2. The van der Waals surface area contributed by atoms with Gasteiger partial charge in [-0.1, -0.05) is 61.0 Å². The first-order valence-corrected chi connectivity index (χ1v) is 15.2. The molecule has 0 saturated carbocycles. The first-order chi connectivity index (χ1) is 21.5. The Labute approximate surface area is 262 Å². The Morgan fingerprint density at radius 2 is 1.64 bits per heavy atom. The number of aromatic nitrogens is 2. The van der Waals surface area contributed by atoms with Gasteiger partial charge < -0.3 is 20.4 Å². The van der Waals surface area contributed by atoms with Crippen LogP contribution in [0.25, 0.3) is 0 Å². The predicted molar refractivity (Wildman–Crippen MR) is 170 cm³/mol. The number of amides is 1. The van der Waals surface area contributed by atoms with Crippen LogP contribution < -0.4 is 15.5 Å². The van der Waals surface area contributed by atoms with Crippen molar-refractivity contribution in [2.24, 2.45) is 4.99 Å². The van der Waals surface area contributed by atoms with Crippen LogP contribution in [0.15, 0.2) is 77.6 Å². The zero-order valence-electron chi connectivity index (χ0n) is 26.1. The Morgan fingerprint density at radius 1 is 1.00 bits per heavy atom. The number of carbonyl (C=O) groups excluding carboxylic acids is 2. The van der Waals surface area contributed by atoms with Crippen LogP contribution in [0.4, 0.5) is 14.7 Å². The first kappa shape index (κ1) is 31.7. The second-order valence-corrected chi connectivity index (χ2v) is 11.6. The molecule has 1 fully saturated rings. The topological polar surface area (TPSA) is 103 Å². The van der Waals surface area contributed by atoms with Gasteiger partial charge in [-0.15, -0.1) is 0 Å². The number of carbonyl (C=O) groups is 2. The highest BCUT2D eigenvalue weighted by Gasteiger charge is 2.30. The van der Waals surface area contributed by atoms with Gasteiger partial charge in [0.05, 0.1) is 6.04 Å². The molecule has 2 atom stereocenters. The zero-order valence-corrected chi connectivity index (χ0v) is 26.1. The van der Waals surface area contributed by atoms with Crippen molar-refractivity contribution in [1.82, 2.24) is 25.5 Å². The fraction of sp³-hybridized carbons (Fsp3) is 0.382. The second kappa shape index (κ2) is 13.5. The maximum atomic E-state index is 13.9. The summed E-state index contributed by atoms with van der Waals surface area (Å²) in [5.74, 6) is -2.71. The highest BCUT2D eigenvalue weighted by atomic mass is 19.3. The first-order valence-electron chi connectivity index (χ1n) is 15.2. The average Bonchev–Trinajstić information content (AvgIpc) is 3.05. The van der Waals surface area contributed by atoms with Gasteiger partial charge in [-0.2, -0.15) is 8.78 Å². The highest BCUT2D eigenvalue weighted by Crippen LogP contribution is 2.27. The number of amidine groups is 1. The fourth-order valence-corrected chi connectivity index (χ4v) is 5.29. The number of alkyl halides is 2. The number of benzene rings is 2. The van der Waals surface area contributed by atoms with E-state index in [1.54, 1.807) is 6.08 Å². The molecule has 1 aromatic heterocycles. The van der Waals surface area contributed by atoms with E-state index < -0.39 is 24.0 Å². The number of piperazine rings is 1. The van der Waals surface area contributed by atoms with E-state index in [1.165, 1.54) is 24.8 Å². The predicted octanol–water partition coefficient (Wildman–Crippen LogP) is 4.48. The lowest BCUT2D eigenvalue weighted by molar-refractivity contribution is -0.125. The van der Waals surface area contributed by atoms with Crippen LogP contribution in [-0.2, 0) is 28.4 Å². The maximum absolute atomic E-state index is 13.9. The largest absolute Gasteiger partial charge is 0.355 e. The van der Waals surface area contributed by atoms with Crippen LogP contribution in [0.2, 0.25) is 0 Å². The standard InChI is InChI=1S/C34H39F2N7O2/c1-5-24-10-12-26(13-11-24)31-38-28(32(45)39-27(23(3)44)20-25-8-6-22(2)7-9-25)21-30(41-31)42-16-18-43(19-17-42)33-37-15-14-29(40-33)34(4,35)36/h6-15,21,27,31,38H,5,16-20H2,1-4H3,(H,39,45). The molecule has 45 heavy (non-hydrogen) atoms. The van der Waals surface area contributed by atoms with Crippen LogP contribution in [-0.4, -0.2) is 64.6 Å². The summed E-state index contributed by atoms with van der Waals surface area (Å²) in [7, 11) is 0. The minimum Gasteiger partial charge on any atom is -0.355 e. The van der Waals surface area contributed by atoms with E-state index >= 15 is 0 Å². The molecule has 236 valence electrons. The molecule has 2 N–H and O–H groups in total. The van der Waals surface area contributed by atoms with E-state index in [1.807, 2.05) is 60.4 Å². The SMILES string of the molecule is CCc1ccc(C2N=C(N3CCN(c4nccc(C(C)(F)F)n4)CC3)C=C(C(=O)NC(Cc3ccc(C)cc3)C(C)=O)N2)cc1. The third-order valence-corrected chi connectivity index (χ3v) is 8.11. The van der Waals surface area contributed by atoms with E-state index in [2.05, 4.69) is 32.4 Å².